The van der Waals surface area contributed by atoms with Crippen molar-refractivity contribution in [2.75, 3.05) is 0 Å². The summed E-state index contributed by atoms with van der Waals surface area (Å²) in [5.41, 5.74) is 5.85. The molecule has 1 heterocycles. The maximum absolute atomic E-state index is 12.8. The largest absolute Gasteiger partial charge is 0.292 e. The first-order chi connectivity index (χ1) is 13.2. The van der Waals surface area contributed by atoms with Crippen molar-refractivity contribution in [3.05, 3.63) is 75.7 Å². The highest BCUT2D eigenvalue weighted by atomic mass is 16.2. The molecule has 2 aromatic carbocycles. The van der Waals surface area contributed by atoms with Crippen LogP contribution in [0.1, 0.15) is 41.4 Å². The minimum absolute atomic E-state index is 0.181. The van der Waals surface area contributed by atoms with Crippen molar-refractivity contribution in [2.24, 2.45) is 5.10 Å². The first-order valence-corrected chi connectivity index (χ1v) is 9.14. The SMILES string of the molecule is CCCn1nc(C(=O)N/N=C2\CCc3ccccc32)c2ccccc2c1=O. The lowest BCUT2D eigenvalue weighted by Crippen LogP contribution is -2.29. The lowest BCUT2D eigenvalue weighted by molar-refractivity contribution is 0.0949. The Morgan fingerprint density at radius 2 is 1.85 bits per heavy atom. The van der Waals surface area contributed by atoms with E-state index >= 15 is 0 Å². The molecule has 1 N–H and O–H groups in total. The number of amides is 1. The topological polar surface area (TPSA) is 76.3 Å². The molecule has 0 fully saturated rings. The summed E-state index contributed by atoms with van der Waals surface area (Å²) >= 11 is 0. The van der Waals surface area contributed by atoms with Gasteiger partial charge in [-0.1, -0.05) is 49.4 Å². The van der Waals surface area contributed by atoms with Gasteiger partial charge in [0.25, 0.3) is 11.5 Å². The van der Waals surface area contributed by atoms with E-state index in [1.54, 1.807) is 24.3 Å². The first kappa shape index (κ1) is 17.1. The van der Waals surface area contributed by atoms with E-state index in [-0.39, 0.29) is 11.3 Å². The van der Waals surface area contributed by atoms with Crippen LogP contribution in [0.25, 0.3) is 10.8 Å². The van der Waals surface area contributed by atoms with Crippen LogP contribution in [0.2, 0.25) is 0 Å². The molecule has 0 saturated heterocycles. The molecule has 1 aliphatic rings. The molecule has 0 unspecified atom stereocenters. The van der Waals surface area contributed by atoms with Gasteiger partial charge in [-0.2, -0.15) is 10.2 Å². The second-order valence-electron chi connectivity index (χ2n) is 6.58. The van der Waals surface area contributed by atoms with Crippen LogP contribution in [0.15, 0.2) is 58.4 Å². The van der Waals surface area contributed by atoms with Crippen LogP contribution in [0.3, 0.4) is 0 Å². The molecule has 0 aliphatic heterocycles. The number of hydrogen-bond donors (Lipinski definition) is 1. The Labute approximate surface area is 156 Å². The van der Waals surface area contributed by atoms with Crippen LogP contribution in [0, 0.1) is 0 Å². The minimum Gasteiger partial charge on any atom is -0.267 e. The molecule has 0 atom stereocenters. The summed E-state index contributed by atoms with van der Waals surface area (Å²) in [6.07, 6.45) is 2.47. The van der Waals surface area contributed by atoms with Gasteiger partial charge < -0.3 is 0 Å². The van der Waals surface area contributed by atoms with Crippen LogP contribution < -0.4 is 11.0 Å². The number of nitrogens with zero attached hydrogens (tertiary/aromatic N) is 3. The van der Waals surface area contributed by atoms with Gasteiger partial charge in [0.15, 0.2) is 5.69 Å². The smallest absolute Gasteiger partial charge is 0.267 e. The molecule has 0 radical (unpaired) electrons. The minimum atomic E-state index is -0.409. The number of nitrogens with one attached hydrogen (secondary N) is 1. The third-order valence-corrected chi connectivity index (χ3v) is 4.77. The number of aryl methyl sites for hydroxylation is 2. The van der Waals surface area contributed by atoms with Crippen molar-refractivity contribution in [2.45, 2.75) is 32.7 Å². The molecule has 6 nitrogen and oxygen atoms in total. The van der Waals surface area contributed by atoms with Gasteiger partial charge in [0.2, 0.25) is 0 Å². The zero-order valence-corrected chi connectivity index (χ0v) is 15.1. The second kappa shape index (κ2) is 7.15. The number of benzene rings is 2. The Bertz CT molecular complexity index is 1110. The average Bonchev–Trinajstić information content (AvgIpc) is 3.11. The summed E-state index contributed by atoms with van der Waals surface area (Å²) in [6, 6.07) is 15.1. The van der Waals surface area contributed by atoms with Crippen LogP contribution in [0.4, 0.5) is 0 Å². The Balaban J connectivity index is 1.70. The van der Waals surface area contributed by atoms with Gasteiger partial charge in [-0.25, -0.2) is 10.1 Å². The zero-order chi connectivity index (χ0) is 18.8. The lowest BCUT2D eigenvalue weighted by atomic mass is 10.1. The van der Waals surface area contributed by atoms with Gasteiger partial charge in [0.1, 0.15) is 0 Å². The molecule has 27 heavy (non-hydrogen) atoms. The predicted octanol–water partition coefficient (Wildman–Crippen LogP) is 2.89. The van der Waals surface area contributed by atoms with Gasteiger partial charge in [-0.15, -0.1) is 0 Å². The molecule has 0 bridgehead atoms. The van der Waals surface area contributed by atoms with Crippen LogP contribution in [-0.4, -0.2) is 21.4 Å². The van der Waals surface area contributed by atoms with Gasteiger partial charge in [-0.05, 0) is 30.9 Å². The number of fused-ring (bicyclic) bond motifs is 2. The number of aromatic nitrogens is 2. The number of carbonyl (C=O) groups is 1. The van der Waals surface area contributed by atoms with Crippen LogP contribution >= 0.6 is 0 Å². The van der Waals surface area contributed by atoms with Crippen molar-refractivity contribution in [3.8, 4) is 0 Å². The third kappa shape index (κ3) is 3.14. The van der Waals surface area contributed by atoms with Crippen molar-refractivity contribution in [1.82, 2.24) is 15.2 Å². The Hall–Kier alpha value is -3.28. The average molecular weight is 360 g/mol. The van der Waals surface area contributed by atoms with E-state index in [0.29, 0.717) is 17.3 Å². The maximum Gasteiger partial charge on any atom is 0.292 e. The summed E-state index contributed by atoms with van der Waals surface area (Å²) in [5.74, 6) is -0.409. The molecule has 6 heteroatoms. The summed E-state index contributed by atoms with van der Waals surface area (Å²) in [7, 11) is 0. The molecule has 0 saturated carbocycles. The van der Waals surface area contributed by atoms with E-state index < -0.39 is 5.91 Å². The van der Waals surface area contributed by atoms with E-state index in [9.17, 15) is 9.59 Å². The van der Waals surface area contributed by atoms with Crippen molar-refractivity contribution < 1.29 is 4.79 Å². The van der Waals surface area contributed by atoms with Crippen LogP contribution in [-0.2, 0) is 13.0 Å². The molecular formula is C21H20N4O2. The quantitative estimate of drug-likeness (QED) is 0.727. The number of carbonyl (C=O) groups excluding carboxylic acids is 1. The number of hydrazone groups is 1. The normalized spacial score (nSPS) is 14.5. The summed E-state index contributed by atoms with van der Waals surface area (Å²) in [4.78, 5) is 25.3. The molecule has 136 valence electrons. The molecule has 1 amide bonds. The summed E-state index contributed by atoms with van der Waals surface area (Å²) < 4.78 is 1.36. The Kier molecular flexibility index (Phi) is 4.54. The van der Waals surface area contributed by atoms with E-state index in [1.807, 2.05) is 25.1 Å². The van der Waals surface area contributed by atoms with Crippen molar-refractivity contribution >= 4 is 22.4 Å². The molecule has 1 aliphatic carbocycles. The highest BCUT2D eigenvalue weighted by Crippen LogP contribution is 2.21. The van der Waals surface area contributed by atoms with Crippen molar-refractivity contribution in [3.63, 3.8) is 0 Å². The number of hydrogen-bond acceptors (Lipinski definition) is 4. The molecule has 4 rings (SSSR count). The van der Waals surface area contributed by atoms with E-state index in [0.717, 1.165) is 30.5 Å². The van der Waals surface area contributed by atoms with E-state index in [2.05, 4.69) is 21.7 Å². The highest BCUT2D eigenvalue weighted by molar-refractivity contribution is 6.07. The number of rotatable bonds is 4. The summed E-state index contributed by atoms with van der Waals surface area (Å²) in [5, 5.41) is 9.67. The fraction of sp³-hybridized carbons (Fsp3) is 0.238. The summed E-state index contributed by atoms with van der Waals surface area (Å²) in [6.45, 7) is 2.43. The highest BCUT2D eigenvalue weighted by Gasteiger charge is 2.19. The van der Waals surface area contributed by atoms with Gasteiger partial charge >= 0.3 is 0 Å². The maximum atomic E-state index is 12.8. The fourth-order valence-electron chi connectivity index (χ4n) is 3.46. The van der Waals surface area contributed by atoms with Crippen molar-refractivity contribution in [1.29, 1.82) is 0 Å². The monoisotopic (exact) mass is 360 g/mol. The van der Waals surface area contributed by atoms with Gasteiger partial charge in [0.05, 0.1) is 11.1 Å². The van der Waals surface area contributed by atoms with E-state index in [1.165, 1.54) is 10.2 Å². The predicted molar refractivity (Wildman–Crippen MR) is 105 cm³/mol. The first-order valence-electron chi connectivity index (χ1n) is 9.14. The third-order valence-electron chi connectivity index (χ3n) is 4.77. The standard InChI is InChI=1S/C21H20N4O2/c1-2-13-25-21(27)17-10-6-5-9-16(17)19(24-25)20(26)23-22-18-12-11-14-7-3-4-8-15(14)18/h3-10H,2,11-13H2,1H3,(H,23,26)/b22-18+. The van der Waals surface area contributed by atoms with Gasteiger partial charge in [-0.3, -0.25) is 9.59 Å². The van der Waals surface area contributed by atoms with E-state index in [4.69, 9.17) is 0 Å². The molecule has 0 spiro atoms. The molecular weight excluding hydrogens is 340 g/mol. The second-order valence-corrected chi connectivity index (χ2v) is 6.58. The molecule has 1 aromatic heterocycles. The molecule has 3 aromatic rings. The Morgan fingerprint density at radius 3 is 2.67 bits per heavy atom. The van der Waals surface area contributed by atoms with Gasteiger partial charge in [0, 0.05) is 17.5 Å². The zero-order valence-electron chi connectivity index (χ0n) is 15.1. The van der Waals surface area contributed by atoms with Crippen LogP contribution in [0.5, 0.6) is 0 Å². The fourth-order valence-corrected chi connectivity index (χ4v) is 3.46. The Morgan fingerprint density at radius 1 is 1.11 bits per heavy atom. The lowest BCUT2D eigenvalue weighted by Gasteiger charge is -2.09.